The third kappa shape index (κ3) is 5.57. The van der Waals surface area contributed by atoms with Crippen molar-refractivity contribution >= 4 is 33.0 Å². The third-order valence-electron chi connectivity index (χ3n) is 5.55. The molecule has 168 valence electrons. The Morgan fingerprint density at radius 1 is 1.32 bits per heavy atom. The smallest absolute Gasteiger partial charge is 0.141 e. The number of fused-ring (bicyclic) bond motifs is 1. The first-order valence-electron chi connectivity index (χ1n) is 10.5. The minimum atomic E-state index is -1.31. The maximum Gasteiger partial charge on any atom is 0.141 e. The van der Waals surface area contributed by atoms with Gasteiger partial charge >= 0.3 is 0 Å². The summed E-state index contributed by atoms with van der Waals surface area (Å²) in [4.78, 5) is 10.7. The standard InChI is InChI=1S/C26H32BrFO3/c1-8-31-25-19(17(5)21(28)10-9-16(4)13-22(29)30)14-20-18(15(2)3)11-12-26(6,7)23(20)24(25)27/h9-11,13-15H,8,12H2,1-7H3,(H,29,30)/p-1/b10-9+,16-13+,21-17+. The first-order chi connectivity index (χ1) is 14.4. The Morgan fingerprint density at radius 2 is 1.97 bits per heavy atom. The van der Waals surface area contributed by atoms with Crippen LogP contribution < -0.4 is 9.84 Å². The van der Waals surface area contributed by atoms with E-state index in [2.05, 4.69) is 49.7 Å². The number of allylic oxidation sites excluding steroid dienone is 7. The number of carbonyl (C=O) groups excluding carboxylic acids is 1. The number of carboxylic acids is 1. The SMILES string of the molecule is CCOc1c(\C(C)=C(F)/C=C/C(C)=C/C(=O)[O-])cc2c(c1Br)C(C)(C)CC=C2C(C)C. The number of halogens is 2. The summed E-state index contributed by atoms with van der Waals surface area (Å²) >= 11 is 3.78. The Hall–Kier alpha value is -2.14. The number of carboxylic acid groups (broad SMARTS) is 1. The minimum Gasteiger partial charge on any atom is -0.545 e. The van der Waals surface area contributed by atoms with Crippen LogP contribution in [0.4, 0.5) is 4.39 Å². The van der Waals surface area contributed by atoms with Gasteiger partial charge in [0.1, 0.15) is 11.6 Å². The lowest BCUT2D eigenvalue weighted by molar-refractivity contribution is -0.297. The topological polar surface area (TPSA) is 49.4 Å². The van der Waals surface area contributed by atoms with Gasteiger partial charge in [-0.1, -0.05) is 39.8 Å². The summed E-state index contributed by atoms with van der Waals surface area (Å²) in [6.07, 6.45) is 6.84. The lowest BCUT2D eigenvalue weighted by Gasteiger charge is -2.36. The highest BCUT2D eigenvalue weighted by Crippen LogP contribution is 2.50. The van der Waals surface area contributed by atoms with Crippen molar-refractivity contribution in [2.24, 2.45) is 5.92 Å². The van der Waals surface area contributed by atoms with Gasteiger partial charge in [0, 0.05) is 5.56 Å². The maximum absolute atomic E-state index is 15.1. The molecule has 5 heteroatoms. The predicted octanol–water partition coefficient (Wildman–Crippen LogP) is 6.52. The molecule has 0 N–H and O–H groups in total. The van der Waals surface area contributed by atoms with Crippen molar-refractivity contribution in [3.63, 3.8) is 0 Å². The van der Waals surface area contributed by atoms with Crippen molar-refractivity contribution in [3.8, 4) is 5.75 Å². The predicted molar refractivity (Wildman–Crippen MR) is 127 cm³/mol. The normalized spacial score (nSPS) is 16.8. The second-order valence-corrected chi connectivity index (χ2v) is 9.63. The number of carbonyl (C=O) groups is 1. The van der Waals surface area contributed by atoms with Gasteiger partial charge in [0.05, 0.1) is 17.0 Å². The van der Waals surface area contributed by atoms with E-state index >= 15 is 4.39 Å². The average Bonchev–Trinajstić information content (AvgIpc) is 2.66. The first kappa shape index (κ1) is 25.1. The molecule has 0 aliphatic heterocycles. The van der Waals surface area contributed by atoms with Crippen molar-refractivity contribution in [2.45, 2.75) is 60.3 Å². The van der Waals surface area contributed by atoms with Crippen molar-refractivity contribution in [1.82, 2.24) is 0 Å². The molecule has 0 aromatic heterocycles. The molecule has 0 spiro atoms. The molecule has 1 aromatic carbocycles. The first-order valence-corrected chi connectivity index (χ1v) is 11.3. The number of ether oxygens (including phenoxy) is 1. The van der Waals surface area contributed by atoms with Crippen LogP contribution in [0.25, 0.3) is 11.1 Å². The van der Waals surface area contributed by atoms with Crippen molar-refractivity contribution in [3.05, 3.63) is 62.9 Å². The molecular weight excluding hydrogens is 459 g/mol. The highest BCUT2D eigenvalue weighted by Gasteiger charge is 2.34. The molecule has 0 saturated carbocycles. The third-order valence-corrected chi connectivity index (χ3v) is 6.31. The van der Waals surface area contributed by atoms with Crippen LogP contribution in [0, 0.1) is 5.92 Å². The highest BCUT2D eigenvalue weighted by molar-refractivity contribution is 9.10. The Morgan fingerprint density at radius 3 is 2.52 bits per heavy atom. The molecule has 3 nitrogen and oxygen atoms in total. The average molecular weight is 490 g/mol. The highest BCUT2D eigenvalue weighted by atomic mass is 79.9. The summed E-state index contributed by atoms with van der Waals surface area (Å²) in [6, 6.07) is 2.03. The molecule has 0 bridgehead atoms. The zero-order valence-electron chi connectivity index (χ0n) is 19.4. The van der Waals surface area contributed by atoms with Crippen LogP contribution in [0.15, 0.2) is 46.2 Å². The molecule has 0 unspecified atom stereocenters. The van der Waals surface area contributed by atoms with Crippen LogP contribution >= 0.6 is 15.9 Å². The fraction of sp³-hybridized carbons (Fsp3) is 0.423. The van der Waals surface area contributed by atoms with Gasteiger partial charge < -0.3 is 14.6 Å². The molecule has 31 heavy (non-hydrogen) atoms. The lowest BCUT2D eigenvalue weighted by Crippen LogP contribution is -2.24. The maximum atomic E-state index is 15.1. The molecular formula is C26H31BrFO3-. The molecule has 0 heterocycles. The summed E-state index contributed by atoms with van der Waals surface area (Å²) in [5, 5.41) is 10.7. The van der Waals surface area contributed by atoms with Crippen molar-refractivity contribution < 1.29 is 19.0 Å². The van der Waals surface area contributed by atoms with Gasteiger partial charge in [-0.05, 0) is 101 Å². The fourth-order valence-corrected chi connectivity index (χ4v) is 4.98. The zero-order chi connectivity index (χ0) is 23.5. The summed E-state index contributed by atoms with van der Waals surface area (Å²) < 4.78 is 21.9. The monoisotopic (exact) mass is 489 g/mol. The number of aliphatic carboxylic acids is 1. The van der Waals surface area contributed by atoms with E-state index in [1.807, 2.05) is 13.0 Å². The number of rotatable bonds is 7. The van der Waals surface area contributed by atoms with Gasteiger partial charge in [-0.15, -0.1) is 0 Å². The van der Waals surface area contributed by atoms with E-state index < -0.39 is 11.8 Å². The molecule has 0 atom stereocenters. The van der Waals surface area contributed by atoms with Crippen LogP contribution in [0.3, 0.4) is 0 Å². The molecule has 1 aliphatic carbocycles. The minimum absolute atomic E-state index is 0.0836. The van der Waals surface area contributed by atoms with Crippen molar-refractivity contribution in [1.29, 1.82) is 0 Å². The van der Waals surface area contributed by atoms with Crippen LogP contribution in [-0.4, -0.2) is 12.6 Å². The molecule has 1 aliphatic rings. The molecule has 2 rings (SSSR count). The summed E-state index contributed by atoms with van der Waals surface area (Å²) in [7, 11) is 0. The van der Waals surface area contributed by atoms with Crippen LogP contribution in [0.5, 0.6) is 5.75 Å². The van der Waals surface area contributed by atoms with Crippen LogP contribution in [-0.2, 0) is 10.2 Å². The van der Waals surface area contributed by atoms with E-state index in [-0.39, 0.29) is 5.41 Å². The fourth-order valence-electron chi connectivity index (χ4n) is 3.90. The second-order valence-electron chi connectivity index (χ2n) is 8.84. The van der Waals surface area contributed by atoms with Gasteiger partial charge in [-0.25, -0.2) is 4.39 Å². The van der Waals surface area contributed by atoms with Crippen LogP contribution in [0.2, 0.25) is 0 Å². The number of hydrogen-bond donors (Lipinski definition) is 0. The van der Waals surface area contributed by atoms with Gasteiger partial charge in [-0.3, -0.25) is 0 Å². The molecule has 0 saturated heterocycles. The van der Waals surface area contributed by atoms with E-state index in [1.54, 1.807) is 13.8 Å². The molecule has 1 aromatic rings. The molecule has 0 radical (unpaired) electrons. The van der Waals surface area contributed by atoms with Gasteiger partial charge in [0.25, 0.3) is 0 Å². The van der Waals surface area contributed by atoms with E-state index in [1.165, 1.54) is 23.3 Å². The van der Waals surface area contributed by atoms with Gasteiger partial charge in [-0.2, -0.15) is 0 Å². The van der Waals surface area contributed by atoms with Crippen molar-refractivity contribution in [2.75, 3.05) is 6.61 Å². The Balaban J connectivity index is 2.74. The number of benzene rings is 1. The molecule has 0 fully saturated rings. The summed E-state index contributed by atoms with van der Waals surface area (Å²) in [5.41, 5.74) is 4.96. The zero-order valence-corrected chi connectivity index (χ0v) is 20.9. The van der Waals surface area contributed by atoms with E-state index in [0.29, 0.717) is 35.0 Å². The Labute approximate surface area is 193 Å². The summed E-state index contributed by atoms with van der Waals surface area (Å²) in [6.45, 7) is 14.4. The number of hydrogen-bond acceptors (Lipinski definition) is 3. The van der Waals surface area contributed by atoms with Gasteiger partial charge in [0.2, 0.25) is 0 Å². The van der Waals surface area contributed by atoms with E-state index in [4.69, 9.17) is 4.74 Å². The Kier molecular flexibility index (Phi) is 8.09. The quantitative estimate of drug-likeness (QED) is 0.323. The largest absolute Gasteiger partial charge is 0.545 e. The van der Waals surface area contributed by atoms with E-state index in [0.717, 1.165) is 22.5 Å². The van der Waals surface area contributed by atoms with E-state index in [9.17, 15) is 9.90 Å². The summed E-state index contributed by atoms with van der Waals surface area (Å²) in [5.74, 6) is -0.804. The lowest BCUT2D eigenvalue weighted by atomic mass is 9.70. The van der Waals surface area contributed by atoms with Gasteiger partial charge in [0.15, 0.2) is 0 Å². The molecule has 0 amide bonds. The second kappa shape index (κ2) is 9.99. The Bertz CT molecular complexity index is 994. The van der Waals surface area contributed by atoms with Crippen LogP contribution in [0.1, 0.15) is 71.6 Å².